The first kappa shape index (κ1) is 21.6. The lowest BCUT2D eigenvalue weighted by Crippen LogP contribution is -2.38. The van der Waals surface area contributed by atoms with Crippen LogP contribution in [0, 0.1) is 5.82 Å². The maximum atomic E-state index is 14.0. The molecule has 1 N–H and O–H groups in total. The van der Waals surface area contributed by atoms with Crippen molar-refractivity contribution in [3.05, 3.63) is 58.9 Å². The van der Waals surface area contributed by atoms with E-state index in [-0.39, 0.29) is 28.6 Å². The van der Waals surface area contributed by atoms with Gasteiger partial charge in [-0.3, -0.25) is 9.10 Å². The molecule has 0 saturated carbocycles. The van der Waals surface area contributed by atoms with Crippen LogP contribution < -0.4 is 9.62 Å². The van der Waals surface area contributed by atoms with Crippen molar-refractivity contribution < 1.29 is 27.1 Å². The van der Waals surface area contributed by atoms with Crippen molar-refractivity contribution in [3.63, 3.8) is 0 Å². The number of hydrogen-bond acceptors (Lipinski definition) is 5. The fourth-order valence-corrected chi connectivity index (χ4v) is 3.45. The van der Waals surface area contributed by atoms with E-state index in [0.29, 0.717) is 4.31 Å². The molecular formula is C18H18ClFN2O5S. The van der Waals surface area contributed by atoms with Crippen molar-refractivity contribution in [1.29, 1.82) is 0 Å². The maximum absolute atomic E-state index is 14.0. The van der Waals surface area contributed by atoms with E-state index in [0.717, 1.165) is 12.3 Å². The normalized spacial score (nSPS) is 11.0. The molecule has 10 heteroatoms. The predicted octanol–water partition coefficient (Wildman–Crippen LogP) is 3.06. The van der Waals surface area contributed by atoms with Gasteiger partial charge in [-0.05, 0) is 37.3 Å². The molecule has 2 rings (SSSR count). The third kappa shape index (κ3) is 5.43. The first-order valence-electron chi connectivity index (χ1n) is 8.12. The second kappa shape index (κ2) is 9.03. The van der Waals surface area contributed by atoms with E-state index in [4.69, 9.17) is 16.3 Å². The van der Waals surface area contributed by atoms with Gasteiger partial charge in [-0.25, -0.2) is 17.6 Å². The number of hydrogen-bond donors (Lipinski definition) is 1. The van der Waals surface area contributed by atoms with Crippen molar-refractivity contribution in [2.45, 2.75) is 6.92 Å². The Morgan fingerprint density at radius 3 is 2.46 bits per heavy atom. The van der Waals surface area contributed by atoms with E-state index >= 15 is 0 Å². The van der Waals surface area contributed by atoms with Gasteiger partial charge in [-0.2, -0.15) is 0 Å². The number of nitrogens with one attached hydrogen (secondary N) is 1. The van der Waals surface area contributed by atoms with Crippen LogP contribution in [0.1, 0.15) is 17.3 Å². The lowest BCUT2D eigenvalue weighted by atomic mass is 10.2. The number of anilines is 2. The van der Waals surface area contributed by atoms with Gasteiger partial charge in [0.2, 0.25) is 15.9 Å². The standard InChI is InChI=1S/C18H18ClFN2O5S/c1-3-27-18(24)13-9-8-12(10-14(13)19)21-17(23)11-22(28(2,25)26)16-7-5-4-6-15(16)20/h4-10H,3,11H2,1-2H3,(H,21,23). The van der Waals surface area contributed by atoms with E-state index in [1.54, 1.807) is 6.92 Å². The highest BCUT2D eigenvalue weighted by Crippen LogP contribution is 2.23. The van der Waals surface area contributed by atoms with Crippen LogP contribution in [0.15, 0.2) is 42.5 Å². The van der Waals surface area contributed by atoms with Gasteiger partial charge in [-0.1, -0.05) is 23.7 Å². The summed E-state index contributed by atoms with van der Waals surface area (Å²) >= 11 is 6.03. The molecule has 0 radical (unpaired) electrons. The molecule has 2 aromatic carbocycles. The number of carbonyl (C=O) groups excluding carboxylic acids is 2. The van der Waals surface area contributed by atoms with Crippen LogP contribution in [-0.2, 0) is 19.6 Å². The summed E-state index contributed by atoms with van der Waals surface area (Å²) in [5.74, 6) is -2.09. The maximum Gasteiger partial charge on any atom is 0.339 e. The highest BCUT2D eigenvalue weighted by molar-refractivity contribution is 7.92. The summed E-state index contributed by atoms with van der Waals surface area (Å²) in [4.78, 5) is 24.1. The minimum atomic E-state index is -3.92. The Morgan fingerprint density at radius 1 is 1.21 bits per heavy atom. The third-order valence-corrected chi connectivity index (χ3v) is 5.00. The monoisotopic (exact) mass is 428 g/mol. The average molecular weight is 429 g/mol. The number of halogens is 2. The summed E-state index contributed by atoms with van der Waals surface area (Å²) < 4.78 is 43.5. The topological polar surface area (TPSA) is 92.8 Å². The molecule has 150 valence electrons. The zero-order chi connectivity index (χ0) is 20.9. The number of rotatable bonds is 7. The van der Waals surface area contributed by atoms with Crippen molar-refractivity contribution in [2.75, 3.05) is 29.0 Å². The zero-order valence-corrected chi connectivity index (χ0v) is 16.7. The van der Waals surface area contributed by atoms with Crippen LogP contribution in [0.5, 0.6) is 0 Å². The fourth-order valence-electron chi connectivity index (χ4n) is 2.33. The third-order valence-electron chi connectivity index (χ3n) is 3.56. The summed E-state index contributed by atoms with van der Waals surface area (Å²) in [7, 11) is -3.92. The van der Waals surface area contributed by atoms with Gasteiger partial charge >= 0.3 is 5.97 Å². The quantitative estimate of drug-likeness (QED) is 0.684. The molecule has 2 aromatic rings. The minimum absolute atomic E-state index is 0.0605. The van der Waals surface area contributed by atoms with Gasteiger partial charge in [0.1, 0.15) is 12.4 Å². The fraction of sp³-hybridized carbons (Fsp3) is 0.222. The van der Waals surface area contributed by atoms with E-state index in [9.17, 15) is 22.4 Å². The van der Waals surface area contributed by atoms with Gasteiger partial charge in [0.05, 0.1) is 29.1 Å². The lowest BCUT2D eigenvalue weighted by molar-refractivity contribution is -0.114. The van der Waals surface area contributed by atoms with Gasteiger partial charge < -0.3 is 10.1 Å². The summed E-state index contributed by atoms with van der Waals surface area (Å²) in [5.41, 5.74) is 0.131. The number of ether oxygens (including phenoxy) is 1. The number of sulfonamides is 1. The van der Waals surface area contributed by atoms with Crippen LogP contribution in [0.25, 0.3) is 0 Å². The Morgan fingerprint density at radius 2 is 1.89 bits per heavy atom. The van der Waals surface area contributed by atoms with Crippen molar-refractivity contribution in [1.82, 2.24) is 0 Å². The molecule has 0 fully saturated rings. The van der Waals surface area contributed by atoms with E-state index in [1.807, 2.05) is 0 Å². The molecule has 0 heterocycles. The molecule has 7 nitrogen and oxygen atoms in total. The molecule has 0 bridgehead atoms. The Labute approximate surface area is 167 Å². The smallest absolute Gasteiger partial charge is 0.339 e. The molecule has 28 heavy (non-hydrogen) atoms. The van der Waals surface area contributed by atoms with E-state index in [2.05, 4.69) is 5.32 Å². The first-order valence-corrected chi connectivity index (χ1v) is 10.3. The molecule has 0 aliphatic heterocycles. The SMILES string of the molecule is CCOC(=O)c1ccc(NC(=O)CN(c2ccccc2F)S(C)(=O)=O)cc1Cl. The van der Waals surface area contributed by atoms with E-state index in [1.165, 1.54) is 36.4 Å². The molecule has 1 amide bonds. The second-order valence-electron chi connectivity index (χ2n) is 5.68. The summed E-state index contributed by atoms with van der Waals surface area (Å²) in [6.07, 6.45) is 0.873. The number of benzene rings is 2. The largest absolute Gasteiger partial charge is 0.462 e. The predicted molar refractivity (Wildman–Crippen MR) is 105 cm³/mol. The highest BCUT2D eigenvalue weighted by atomic mass is 35.5. The van der Waals surface area contributed by atoms with Crippen molar-refractivity contribution >= 4 is 44.9 Å². The summed E-state index contributed by atoms with van der Waals surface area (Å²) in [6, 6.07) is 9.35. The molecule has 0 aromatic heterocycles. The Hall–Kier alpha value is -2.65. The first-order chi connectivity index (χ1) is 13.1. The zero-order valence-electron chi connectivity index (χ0n) is 15.1. The summed E-state index contributed by atoms with van der Waals surface area (Å²) in [5, 5.41) is 2.53. The molecule has 0 atom stereocenters. The minimum Gasteiger partial charge on any atom is -0.462 e. The van der Waals surface area contributed by atoms with Gasteiger partial charge in [0.25, 0.3) is 0 Å². The molecule has 0 unspecified atom stereocenters. The molecule has 0 saturated heterocycles. The Bertz CT molecular complexity index is 997. The summed E-state index contributed by atoms with van der Waals surface area (Å²) in [6.45, 7) is 1.20. The Kier molecular flexibility index (Phi) is 6.98. The van der Waals surface area contributed by atoms with Crippen LogP contribution in [0.3, 0.4) is 0 Å². The van der Waals surface area contributed by atoms with Crippen molar-refractivity contribution in [2.24, 2.45) is 0 Å². The molecular weight excluding hydrogens is 411 g/mol. The van der Waals surface area contributed by atoms with Gasteiger partial charge in [-0.15, -0.1) is 0 Å². The van der Waals surface area contributed by atoms with Gasteiger partial charge in [0.15, 0.2) is 0 Å². The average Bonchev–Trinajstić information content (AvgIpc) is 2.60. The number of nitrogens with zero attached hydrogens (tertiary/aromatic N) is 1. The second-order valence-corrected chi connectivity index (χ2v) is 8.00. The number of amides is 1. The number of carbonyl (C=O) groups is 2. The molecule has 0 aliphatic carbocycles. The van der Waals surface area contributed by atoms with Crippen molar-refractivity contribution in [3.8, 4) is 0 Å². The van der Waals surface area contributed by atoms with Crippen LogP contribution >= 0.6 is 11.6 Å². The van der Waals surface area contributed by atoms with Crippen LogP contribution in [-0.4, -0.2) is 39.7 Å². The van der Waals surface area contributed by atoms with Gasteiger partial charge in [0, 0.05) is 5.69 Å². The molecule has 0 aliphatic rings. The lowest BCUT2D eigenvalue weighted by Gasteiger charge is -2.22. The van der Waals surface area contributed by atoms with Crippen LogP contribution in [0.2, 0.25) is 5.02 Å². The number of esters is 1. The highest BCUT2D eigenvalue weighted by Gasteiger charge is 2.23. The Balaban J connectivity index is 2.19. The molecule has 0 spiro atoms. The number of para-hydroxylation sites is 1. The van der Waals surface area contributed by atoms with Crippen LogP contribution in [0.4, 0.5) is 15.8 Å². The van der Waals surface area contributed by atoms with E-state index < -0.39 is 34.3 Å².